The third kappa shape index (κ3) is 3.14. The number of amides is 1. The largest absolute Gasteiger partial charge is 0.336 e. The van der Waals surface area contributed by atoms with Crippen LogP contribution >= 0.6 is 0 Å². The van der Waals surface area contributed by atoms with E-state index in [4.69, 9.17) is 0 Å². The zero-order valence-electron chi connectivity index (χ0n) is 12.4. The van der Waals surface area contributed by atoms with Crippen LogP contribution in [0.2, 0.25) is 0 Å². The minimum atomic E-state index is -0.0240. The van der Waals surface area contributed by atoms with Gasteiger partial charge in [-0.1, -0.05) is 20.8 Å². The number of hydrogen-bond acceptors (Lipinski definition) is 2. The van der Waals surface area contributed by atoms with E-state index in [0.717, 1.165) is 30.6 Å². The number of aromatic nitrogens is 1. The van der Waals surface area contributed by atoms with Gasteiger partial charge in [0.2, 0.25) is 0 Å². The third-order valence-electron chi connectivity index (χ3n) is 3.84. The second-order valence-corrected chi connectivity index (χ2v) is 6.52. The standard InChI is InChI=1S/C16H24N2O/c1-12-7-5-6-10-18(12)15(19)13-8-9-17-14(11-13)16(2,3)4/h8-9,11-12H,5-7,10H2,1-4H3/t12-/m0/s1. The molecule has 0 saturated carbocycles. The second kappa shape index (κ2) is 5.32. The predicted octanol–water partition coefficient (Wildman–Crippen LogP) is 3.39. The molecule has 1 aliphatic heterocycles. The van der Waals surface area contributed by atoms with Crippen molar-refractivity contribution in [2.24, 2.45) is 0 Å². The Hall–Kier alpha value is -1.38. The lowest BCUT2D eigenvalue weighted by Crippen LogP contribution is -2.42. The Morgan fingerprint density at radius 2 is 2.11 bits per heavy atom. The van der Waals surface area contributed by atoms with Gasteiger partial charge in [-0.15, -0.1) is 0 Å². The number of likely N-dealkylation sites (tertiary alicyclic amines) is 1. The summed E-state index contributed by atoms with van der Waals surface area (Å²) in [5, 5.41) is 0. The monoisotopic (exact) mass is 260 g/mol. The van der Waals surface area contributed by atoms with E-state index >= 15 is 0 Å². The Morgan fingerprint density at radius 3 is 2.74 bits per heavy atom. The van der Waals surface area contributed by atoms with Gasteiger partial charge in [-0.25, -0.2) is 0 Å². The van der Waals surface area contributed by atoms with Crippen molar-refractivity contribution in [3.8, 4) is 0 Å². The van der Waals surface area contributed by atoms with Crippen LogP contribution in [-0.2, 0) is 5.41 Å². The average Bonchev–Trinajstić information content (AvgIpc) is 2.38. The van der Waals surface area contributed by atoms with E-state index in [1.165, 1.54) is 6.42 Å². The zero-order valence-corrected chi connectivity index (χ0v) is 12.4. The molecule has 0 N–H and O–H groups in total. The zero-order chi connectivity index (χ0) is 14.0. The molecule has 104 valence electrons. The van der Waals surface area contributed by atoms with E-state index in [9.17, 15) is 4.79 Å². The summed E-state index contributed by atoms with van der Waals surface area (Å²) in [6.45, 7) is 9.38. The van der Waals surface area contributed by atoms with Gasteiger partial charge in [0.25, 0.3) is 5.91 Å². The Balaban J connectivity index is 2.24. The van der Waals surface area contributed by atoms with E-state index in [1.54, 1.807) is 6.20 Å². The van der Waals surface area contributed by atoms with Crippen LogP contribution in [0.5, 0.6) is 0 Å². The smallest absolute Gasteiger partial charge is 0.254 e. The molecule has 2 rings (SSSR count). The Bertz CT molecular complexity index is 462. The maximum atomic E-state index is 12.6. The summed E-state index contributed by atoms with van der Waals surface area (Å²) in [6.07, 6.45) is 5.22. The number of pyridine rings is 1. The molecule has 0 aliphatic carbocycles. The summed E-state index contributed by atoms with van der Waals surface area (Å²) >= 11 is 0. The highest BCUT2D eigenvalue weighted by molar-refractivity contribution is 5.94. The maximum Gasteiger partial charge on any atom is 0.254 e. The van der Waals surface area contributed by atoms with Crippen LogP contribution in [0.15, 0.2) is 18.3 Å². The molecule has 19 heavy (non-hydrogen) atoms. The Kier molecular flexibility index (Phi) is 3.93. The van der Waals surface area contributed by atoms with Gasteiger partial charge >= 0.3 is 0 Å². The average molecular weight is 260 g/mol. The van der Waals surface area contributed by atoms with Gasteiger partial charge in [0.15, 0.2) is 0 Å². The van der Waals surface area contributed by atoms with Crippen molar-refractivity contribution < 1.29 is 4.79 Å². The van der Waals surface area contributed by atoms with Crippen LogP contribution < -0.4 is 0 Å². The van der Waals surface area contributed by atoms with Crippen molar-refractivity contribution in [1.29, 1.82) is 0 Å². The molecule has 1 saturated heterocycles. The lowest BCUT2D eigenvalue weighted by Gasteiger charge is -2.33. The lowest BCUT2D eigenvalue weighted by molar-refractivity contribution is 0.0635. The molecule has 0 spiro atoms. The van der Waals surface area contributed by atoms with Crippen LogP contribution in [0.25, 0.3) is 0 Å². The van der Waals surface area contributed by atoms with E-state index < -0.39 is 0 Å². The fourth-order valence-electron chi connectivity index (χ4n) is 2.54. The van der Waals surface area contributed by atoms with Gasteiger partial charge in [0, 0.05) is 35.5 Å². The molecule has 0 bridgehead atoms. The molecule has 2 heterocycles. The quantitative estimate of drug-likeness (QED) is 0.775. The Labute approximate surface area is 116 Å². The summed E-state index contributed by atoms with van der Waals surface area (Å²) in [5.41, 5.74) is 1.72. The van der Waals surface area contributed by atoms with E-state index in [-0.39, 0.29) is 11.3 Å². The molecule has 1 aromatic rings. The van der Waals surface area contributed by atoms with Crippen molar-refractivity contribution in [2.75, 3.05) is 6.54 Å². The molecule has 1 aliphatic rings. The van der Waals surface area contributed by atoms with Gasteiger partial charge in [-0.05, 0) is 38.3 Å². The van der Waals surface area contributed by atoms with Crippen molar-refractivity contribution in [1.82, 2.24) is 9.88 Å². The summed E-state index contributed by atoms with van der Waals surface area (Å²) in [4.78, 5) is 19.0. The van der Waals surface area contributed by atoms with Crippen molar-refractivity contribution >= 4 is 5.91 Å². The highest BCUT2D eigenvalue weighted by Gasteiger charge is 2.25. The SMILES string of the molecule is C[C@H]1CCCCN1C(=O)c1ccnc(C(C)(C)C)c1. The second-order valence-electron chi connectivity index (χ2n) is 6.52. The first-order valence-corrected chi connectivity index (χ1v) is 7.17. The molecule has 0 radical (unpaired) electrons. The molecule has 1 fully saturated rings. The van der Waals surface area contributed by atoms with Gasteiger partial charge in [-0.3, -0.25) is 9.78 Å². The molecule has 1 atom stereocenters. The normalized spacial score (nSPS) is 20.4. The van der Waals surface area contributed by atoms with Crippen LogP contribution in [-0.4, -0.2) is 28.4 Å². The molecule has 3 nitrogen and oxygen atoms in total. The first kappa shape index (κ1) is 14.0. The molecular weight excluding hydrogens is 236 g/mol. The number of rotatable bonds is 1. The number of piperidine rings is 1. The summed E-state index contributed by atoms with van der Waals surface area (Å²) in [5.74, 6) is 0.153. The minimum absolute atomic E-state index is 0.0240. The van der Waals surface area contributed by atoms with Crippen LogP contribution in [0.1, 0.15) is 63.0 Å². The summed E-state index contributed by atoms with van der Waals surface area (Å²) < 4.78 is 0. The predicted molar refractivity (Wildman–Crippen MR) is 77.3 cm³/mol. The van der Waals surface area contributed by atoms with Gasteiger partial charge in [-0.2, -0.15) is 0 Å². The fraction of sp³-hybridized carbons (Fsp3) is 0.625. The van der Waals surface area contributed by atoms with E-state index in [0.29, 0.717) is 6.04 Å². The first-order chi connectivity index (χ1) is 8.89. The number of carbonyl (C=O) groups is 1. The molecule has 1 aromatic heterocycles. The van der Waals surface area contributed by atoms with Gasteiger partial charge in [0.05, 0.1) is 0 Å². The molecule has 0 unspecified atom stereocenters. The van der Waals surface area contributed by atoms with Crippen LogP contribution in [0.4, 0.5) is 0 Å². The number of nitrogens with zero attached hydrogens (tertiary/aromatic N) is 2. The Morgan fingerprint density at radius 1 is 1.37 bits per heavy atom. The highest BCUT2D eigenvalue weighted by atomic mass is 16.2. The van der Waals surface area contributed by atoms with Crippen LogP contribution in [0, 0.1) is 0 Å². The fourth-order valence-corrected chi connectivity index (χ4v) is 2.54. The number of hydrogen-bond donors (Lipinski definition) is 0. The lowest BCUT2D eigenvalue weighted by atomic mass is 9.90. The summed E-state index contributed by atoms with van der Waals surface area (Å²) in [6, 6.07) is 4.13. The van der Waals surface area contributed by atoms with Crippen molar-refractivity contribution in [3.05, 3.63) is 29.6 Å². The maximum absolute atomic E-state index is 12.6. The minimum Gasteiger partial charge on any atom is -0.336 e. The molecule has 0 aromatic carbocycles. The highest BCUT2D eigenvalue weighted by Crippen LogP contribution is 2.23. The van der Waals surface area contributed by atoms with Gasteiger partial charge in [0.1, 0.15) is 0 Å². The molecular formula is C16H24N2O. The van der Waals surface area contributed by atoms with E-state index in [1.807, 2.05) is 17.0 Å². The van der Waals surface area contributed by atoms with E-state index in [2.05, 4.69) is 32.7 Å². The third-order valence-corrected chi connectivity index (χ3v) is 3.84. The molecule has 1 amide bonds. The molecule has 3 heteroatoms. The van der Waals surface area contributed by atoms with Crippen LogP contribution in [0.3, 0.4) is 0 Å². The van der Waals surface area contributed by atoms with Crippen molar-refractivity contribution in [2.45, 2.75) is 58.4 Å². The summed E-state index contributed by atoms with van der Waals surface area (Å²) in [7, 11) is 0. The topological polar surface area (TPSA) is 33.2 Å². The van der Waals surface area contributed by atoms with Crippen molar-refractivity contribution in [3.63, 3.8) is 0 Å². The number of carbonyl (C=O) groups excluding carboxylic acids is 1. The first-order valence-electron chi connectivity index (χ1n) is 7.17. The van der Waals surface area contributed by atoms with Gasteiger partial charge < -0.3 is 4.90 Å².